The number of hydrogen-bond donors (Lipinski definition) is 4. The van der Waals surface area contributed by atoms with E-state index in [1.807, 2.05) is 0 Å². The third-order valence-corrected chi connectivity index (χ3v) is 5.53. The van der Waals surface area contributed by atoms with Crippen LogP contribution in [-0.2, 0) is 17.5 Å². The SMILES string of the molecule is CNc1cc(C(=O)NC2(C(=O)NCc3ccc(Nc4ccc(F)cc4C(F)(F)F)cn3)CC2)cnn1. The molecule has 188 valence electrons. The lowest BCUT2D eigenvalue weighted by Gasteiger charge is -2.17. The van der Waals surface area contributed by atoms with Crippen LogP contribution in [0.4, 0.5) is 34.8 Å². The van der Waals surface area contributed by atoms with Crippen LogP contribution in [0.2, 0.25) is 0 Å². The first-order chi connectivity index (χ1) is 17.1. The lowest BCUT2D eigenvalue weighted by Crippen LogP contribution is -2.48. The van der Waals surface area contributed by atoms with E-state index in [-0.39, 0.29) is 29.4 Å². The predicted molar refractivity (Wildman–Crippen MR) is 122 cm³/mol. The molecule has 4 rings (SSSR count). The van der Waals surface area contributed by atoms with Gasteiger partial charge in [-0.15, -0.1) is 5.10 Å². The quantitative estimate of drug-likeness (QED) is 0.348. The Hall–Kier alpha value is -4.29. The Balaban J connectivity index is 1.35. The standard InChI is InChI=1S/C23H21F4N7O2/c1-28-19-8-13(10-31-34-19)20(35)33-22(6-7-22)21(36)30-11-15-3-4-16(12-29-15)32-18-5-2-14(24)9-17(18)23(25,26)27/h2-5,8-10,12,32H,6-7,11H2,1H3,(H,28,34)(H,30,36)(H,33,35). The molecular weight excluding hydrogens is 482 g/mol. The molecule has 1 fully saturated rings. The molecule has 0 bridgehead atoms. The second-order valence-corrected chi connectivity index (χ2v) is 8.15. The van der Waals surface area contributed by atoms with Gasteiger partial charge < -0.3 is 21.3 Å². The lowest BCUT2D eigenvalue weighted by atomic mass is 10.1. The number of amides is 2. The van der Waals surface area contributed by atoms with E-state index in [1.54, 1.807) is 7.05 Å². The molecular formula is C23H21F4N7O2. The zero-order valence-electron chi connectivity index (χ0n) is 18.9. The molecule has 0 spiro atoms. The minimum Gasteiger partial charge on any atom is -0.372 e. The molecule has 2 heterocycles. The number of nitrogens with zero attached hydrogens (tertiary/aromatic N) is 3. The molecule has 0 atom stereocenters. The summed E-state index contributed by atoms with van der Waals surface area (Å²) in [6.45, 7) is 0.0435. The summed E-state index contributed by atoms with van der Waals surface area (Å²) in [5.74, 6) is -1.42. The number of aromatic nitrogens is 3. The average molecular weight is 503 g/mol. The number of nitrogens with one attached hydrogen (secondary N) is 4. The van der Waals surface area contributed by atoms with E-state index in [0.717, 1.165) is 12.1 Å². The van der Waals surface area contributed by atoms with Crippen LogP contribution in [0.3, 0.4) is 0 Å². The first-order valence-electron chi connectivity index (χ1n) is 10.8. The molecule has 0 aliphatic heterocycles. The van der Waals surface area contributed by atoms with Crippen molar-refractivity contribution in [2.45, 2.75) is 31.1 Å². The van der Waals surface area contributed by atoms with Crippen molar-refractivity contribution in [3.8, 4) is 0 Å². The van der Waals surface area contributed by atoms with Gasteiger partial charge >= 0.3 is 6.18 Å². The Morgan fingerprint density at radius 2 is 1.86 bits per heavy atom. The molecule has 9 nitrogen and oxygen atoms in total. The first kappa shape index (κ1) is 24.8. The van der Waals surface area contributed by atoms with Gasteiger partial charge in [0.25, 0.3) is 5.91 Å². The van der Waals surface area contributed by atoms with Crippen molar-refractivity contribution in [3.05, 3.63) is 71.4 Å². The van der Waals surface area contributed by atoms with Gasteiger partial charge in [0.2, 0.25) is 5.91 Å². The lowest BCUT2D eigenvalue weighted by molar-refractivity contribution is -0.137. The summed E-state index contributed by atoms with van der Waals surface area (Å²) in [5, 5.41) is 18.4. The number of rotatable bonds is 8. The number of halogens is 4. The minimum absolute atomic E-state index is 0.0435. The van der Waals surface area contributed by atoms with Crippen molar-refractivity contribution in [3.63, 3.8) is 0 Å². The smallest absolute Gasteiger partial charge is 0.372 e. The van der Waals surface area contributed by atoms with E-state index in [1.165, 1.54) is 30.6 Å². The molecule has 0 unspecified atom stereocenters. The fraction of sp³-hybridized carbons (Fsp3) is 0.261. The monoisotopic (exact) mass is 503 g/mol. The summed E-state index contributed by atoms with van der Waals surface area (Å²) in [7, 11) is 1.64. The molecule has 1 aromatic carbocycles. The van der Waals surface area contributed by atoms with Crippen molar-refractivity contribution < 1.29 is 27.2 Å². The van der Waals surface area contributed by atoms with Crippen LogP contribution in [0.5, 0.6) is 0 Å². The van der Waals surface area contributed by atoms with Crippen LogP contribution in [-0.4, -0.2) is 39.6 Å². The van der Waals surface area contributed by atoms with Gasteiger partial charge in [-0.1, -0.05) is 0 Å². The number of alkyl halides is 3. The maximum atomic E-state index is 13.3. The van der Waals surface area contributed by atoms with Gasteiger partial charge in [-0.05, 0) is 49.2 Å². The number of anilines is 3. The highest BCUT2D eigenvalue weighted by atomic mass is 19.4. The van der Waals surface area contributed by atoms with Gasteiger partial charge in [0.1, 0.15) is 17.2 Å². The molecule has 4 N–H and O–H groups in total. The molecule has 3 aromatic rings. The fourth-order valence-electron chi connectivity index (χ4n) is 3.39. The van der Waals surface area contributed by atoms with Gasteiger partial charge in [-0.3, -0.25) is 14.6 Å². The molecule has 0 radical (unpaired) electrons. The second-order valence-electron chi connectivity index (χ2n) is 8.15. The van der Waals surface area contributed by atoms with Crippen LogP contribution in [0.15, 0.2) is 48.8 Å². The van der Waals surface area contributed by atoms with Crippen molar-refractivity contribution in [2.24, 2.45) is 0 Å². The summed E-state index contributed by atoms with van der Waals surface area (Å²) in [4.78, 5) is 29.4. The number of carbonyl (C=O) groups excluding carboxylic acids is 2. The number of hydrogen-bond acceptors (Lipinski definition) is 7. The highest BCUT2D eigenvalue weighted by molar-refractivity contribution is 6.00. The minimum atomic E-state index is -4.74. The Labute approximate surface area is 202 Å². The van der Waals surface area contributed by atoms with Crippen molar-refractivity contribution >= 4 is 29.0 Å². The summed E-state index contributed by atoms with van der Waals surface area (Å²) in [6.07, 6.45) is -1.20. The average Bonchev–Trinajstić information content (AvgIpc) is 3.64. The van der Waals surface area contributed by atoms with Gasteiger partial charge in [-0.2, -0.15) is 18.3 Å². The predicted octanol–water partition coefficient (Wildman–Crippen LogP) is 3.39. The number of carbonyl (C=O) groups is 2. The van der Waals surface area contributed by atoms with Crippen molar-refractivity contribution in [2.75, 3.05) is 17.7 Å². The third kappa shape index (κ3) is 5.67. The van der Waals surface area contributed by atoms with Gasteiger partial charge in [0.05, 0.1) is 47.1 Å². The Morgan fingerprint density at radius 1 is 1.08 bits per heavy atom. The van der Waals surface area contributed by atoms with Gasteiger partial charge in [0, 0.05) is 7.05 Å². The van der Waals surface area contributed by atoms with Crippen molar-refractivity contribution in [1.29, 1.82) is 0 Å². The van der Waals surface area contributed by atoms with Gasteiger partial charge in [0.15, 0.2) is 0 Å². The van der Waals surface area contributed by atoms with Crippen LogP contribution >= 0.6 is 0 Å². The summed E-state index contributed by atoms with van der Waals surface area (Å²) < 4.78 is 52.8. The summed E-state index contributed by atoms with van der Waals surface area (Å²) in [5.41, 5.74) is -1.53. The van der Waals surface area contributed by atoms with Crippen molar-refractivity contribution in [1.82, 2.24) is 25.8 Å². The maximum Gasteiger partial charge on any atom is 0.418 e. The summed E-state index contributed by atoms with van der Waals surface area (Å²) >= 11 is 0. The van der Waals surface area contributed by atoms with E-state index in [2.05, 4.69) is 36.4 Å². The Bertz CT molecular complexity index is 1280. The summed E-state index contributed by atoms with van der Waals surface area (Å²) in [6, 6.07) is 6.86. The van der Waals surface area contributed by atoms with Gasteiger partial charge in [-0.25, -0.2) is 4.39 Å². The maximum absolute atomic E-state index is 13.3. The molecule has 2 amide bonds. The van der Waals surface area contributed by atoms with E-state index in [4.69, 9.17) is 0 Å². The fourth-order valence-corrected chi connectivity index (χ4v) is 3.39. The molecule has 13 heteroatoms. The largest absolute Gasteiger partial charge is 0.418 e. The van der Waals surface area contributed by atoms with Crippen LogP contribution in [0, 0.1) is 5.82 Å². The topological polar surface area (TPSA) is 121 Å². The second kappa shape index (κ2) is 9.76. The normalized spacial score (nSPS) is 14.0. The zero-order chi connectivity index (χ0) is 25.9. The number of benzene rings is 1. The van der Waals surface area contributed by atoms with Crippen LogP contribution in [0.1, 0.15) is 34.5 Å². The van der Waals surface area contributed by atoms with Crippen LogP contribution in [0.25, 0.3) is 0 Å². The zero-order valence-corrected chi connectivity index (χ0v) is 18.9. The highest BCUT2D eigenvalue weighted by Gasteiger charge is 2.51. The molecule has 36 heavy (non-hydrogen) atoms. The Morgan fingerprint density at radius 3 is 2.50 bits per heavy atom. The first-order valence-corrected chi connectivity index (χ1v) is 10.8. The molecule has 1 aliphatic carbocycles. The molecule has 2 aromatic heterocycles. The van der Waals surface area contributed by atoms with Crippen LogP contribution < -0.4 is 21.3 Å². The molecule has 1 saturated carbocycles. The van der Waals surface area contributed by atoms with E-state index in [0.29, 0.717) is 30.4 Å². The number of pyridine rings is 1. The van der Waals surface area contributed by atoms with E-state index >= 15 is 0 Å². The molecule has 0 saturated heterocycles. The highest BCUT2D eigenvalue weighted by Crippen LogP contribution is 2.37. The van der Waals surface area contributed by atoms with E-state index in [9.17, 15) is 27.2 Å². The third-order valence-electron chi connectivity index (χ3n) is 5.53. The molecule has 1 aliphatic rings. The Kier molecular flexibility index (Phi) is 6.73. The van der Waals surface area contributed by atoms with E-state index < -0.39 is 29.0 Å².